The molecule has 0 saturated carbocycles. The highest BCUT2D eigenvalue weighted by Crippen LogP contribution is 2.24. The Morgan fingerprint density at radius 3 is 3.06 bits per heavy atom. The Morgan fingerprint density at radius 1 is 1.39 bits per heavy atom. The van der Waals surface area contributed by atoms with Crippen molar-refractivity contribution in [3.63, 3.8) is 0 Å². The summed E-state index contributed by atoms with van der Waals surface area (Å²) in [4.78, 5) is 19.0. The number of aliphatic hydroxyl groups excluding tert-OH is 1. The predicted molar refractivity (Wildman–Crippen MR) is 66.0 cm³/mol. The van der Waals surface area contributed by atoms with Crippen LogP contribution >= 0.6 is 0 Å². The van der Waals surface area contributed by atoms with Gasteiger partial charge in [0.1, 0.15) is 0 Å². The molecular weight excluding hydrogens is 230 g/mol. The second-order valence-electron chi connectivity index (χ2n) is 4.28. The first-order chi connectivity index (χ1) is 8.78. The molecule has 3 rings (SSSR count). The van der Waals surface area contributed by atoms with Crippen molar-refractivity contribution >= 4 is 5.91 Å². The number of carbonyl (C=O) groups excluding carboxylic acids is 1. The van der Waals surface area contributed by atoms with Gasteiger partial charge in [0, 0.05) is 36.1 Å². The van der Waals surface area contributed by atoms with E-state index in [4.69, 9.17) is 5.11 Å². The number of fused-ring (bicyclic) bond motifs is 1. The van der Waals surface area contributed by atoms with Crippen molar-refractivity contribution in [2.24, 2.45) is 0 Å². The molecule has 3 N–H and O–H groups in total. The van der Waals surface area contributed by atoms with E-state index in [1.54, 1.807) is 6.20 Å². The molecule has 0 bridgehead atoms. The summed E-state index contributed by atoms with van der Waals surface area (Å²) in [6.07, 6.45) is 2.47. The monoisotopic (exact) mass is 243 g/mol. The Balaban J connectivity index is 2.04. The Kier molecular flexibility index (Phi) is 2.60. The highest BCUT2D eigenvalue weighted by Gasteiger charge is 2.19. The first-order valence-electron chi connectivity index (χ1n) is 5.84. The molecule has 1 aliphatic heterocycles. The molecule has 0 fully saturated rings. The summed E-state index contributed by atoms with van der Waals surface area (Å²) in [5.74, 6) is -0.0322. The lowest BCUT2D eigenvalue weighted by atomic mass is 10.1. The molecule has 0 unspecified atom stereocenters. The zero-order valence-corrected chi connectivity index (χ0v) is 9.73. The number of hydrogen-bond acceptors (Lipinski definition) is 3. The van der Waals surface area contributed by atoms with E-state index >= 15 is 0 Å². The third kappa shape index (κ3) is 1.78. The average molecular weight is 243 g/mol. The molecule has 1 aliphatic rings. The van der Waals surface area contributed by atoms with Crippen LogP contribution in [0.25, 0.3) is 11.3 Å². The first kappa shape index (κ1) is 11.0. The Bertz CT molecular complexity index is 604. The Labute approximate surface area is 104 Å². The van der Waals surface area contributed by atoms with Gasteiger partial charge in [-0.3, -0.25) is 9.78 Å². The van der Waals surface area contributed by atoms with Crippen LogP contribution in [-0.4, -0.2) is 27.5 Å². The summed E-state index contributed by atoms with van der Waals surface area (Å²) in [6.45, 7) is 0.582. The number of amides is 1. The molecule has 0 aromatic carbocycles. The van der Waals surface area contributed by atoms with Gasteiger partial charge in [-0.05, 0) is 18.2 Å². The van der Waals surface area contributed by atoms with E-state index < -0.39 is 0 Å². The normalized spacial score (nSPS) is 14.2. The second kappa shape index (κ2) is 4.27. The number of nitrogens with one attached hydrogen (secondary N) is 2. The number of rotatable bonds is 2. The minimum absolute atomic E-state index is 0.0322. The third-order valence-corrected chi connectivity index (χ3v) is 3.09. The number of pyridine rings is 1. The maximum absolute atomic E-state index is 11.7. The lowest BCUT2D eigenvalue weighted by Crippen LogP contribution is -2.31. The van der Waals surface area contributed by atoms with Gasteiger partial charge in [-0.2, -0.15) is 0 Å². The van der Waals surface area contributed by atoms with Gasteiger partial charge in [-0.25, -0.2) is 0 Å². The summed E-state index contributed by atoms with van der Waals surface area (Å²) in [6, 6.07) is 5.52. The van der Waals surface area contributed by atoms with E-state index in [2.05, 4.69) is 15.3 Å². The standard InChI is InChI=1S/C13H13N3O2/c17-7-9-5-8(1-3-14-9)12-6-10-11(16-12)2-4-15-13(10)18/h1,3,5-6,16-17H,2,4,7H2,(H,15,18). The number of aromatic nitrogens is 2. The van der Waals surface area contributed by atoms with Crippen LogP contribution in [0.15, 0.2) is 24.4 Å². The number of aliphatic hydroxyl groups is 1. The maximum atomic E-state index is 11.7. The Hall–Kier alpha value is -2.14. The summed E-state index contributed by atoms with van der Waals surface area (Å²) >= 11 is 0. The number of carbonyl (C=O) groups is 1. The molecular formula is C13H13N3O2. The van der Waals surface area contributed by atoms with E-state index in [9.17, 15) is 4.79 Å². The van der Waals surface area contributed by atoms with Crippen LogP contribution < -0.4 is 5.32 Å². The minimum Gasteiger partial charge on any atom is -0.390 e. The molecule has 0 radical (unpaired) electrons. The van der Waals surface area contributed by atoms with Gasteiger partial charge in [0.05, 0.1) is 17.9 Å². The summed E-state index contributed by atoms with van der Waals surface area (Å²) in [5.41, 5.74) is 4.10. The number of aromatic amines is 1. The average Bonchev–Trinajstić information content (AvgIpc) is 2.84. The van der Waals surface area contributed by atoms with E-state index in [1.165, 1.54) is 0 Å². The minimum atomic E-state index is -0.0885. The maximum Gasteiger partial charge on any atom is 0.253 e. The zero-order valence-electron chi connectivity index (χ0n) is 9.73. The molecule has 0 atom stereocenters. The van der Waals surface area contributed by atoms with E-state index in [-0.39, 0.29) is 12.5 Å². The van der Waals surface area contributed by atoms with Crippen molar-refractivity contribution in [3.8, 4) is 11.3 Å². The molecule has 2 aromatic heterocycles. The fraction of sp³-hybridized carbons (Fsp3) is 0.231. The quantitative estimate of drug-likeness (QED) is 0.732. The molecule has 0 spiro atoms. The topological polar surface area (TPSA) is 78.0 Å². The second-order valence-corrected chi connectivity index (χ2v) is 4.28. The van der Waals surface area contributed by atoms with Gasteiger partial charge in [-0.1, -0.05) is 0 Å². The largest absolute Gasteiger partial charge is 0.390 e. The third-order valence-electron chi connectivity index (χ3n) is 3.09. The van der Waals surface area contributed by atoms with Crippen molar-refractivity contribution in [3.05, 3.63) is 41.3 Å². The zero-order chi connectivity index (χ0) is 12.5. The van der Waals surface area contributed by atoms with Crippen molar-refractivity contribution in [1.82, 2.24) is 15.3 Å². The van der Waals surface area contributed by atoms with Crippen molar-refractivity contribution in [2.45, 2.75) is 13.0 Å². The first-order valence-corrected chi connectivity index (χ1v) is 5.84. The van der Waals surface area contributed by atoms with E-state index in [0.29, 0.717) is 17.8 Å². The van der Waals surface area contributed by atoms with Crippen molar-refractivity contribution in [1.29, 1.82) is 0 Å². The van der Waals surface area contributed by atoms with Crippen LogP contribution in [0.1, 0.15) is 21.7 Å². The lowest BCUT2D eigenvalue weighted by Gasteiger charge is -2.10. The molecule has 1 amide bonds. The molecule has 5 heteroatoms. The van der Waals surface area contributed by atoms with Crippen LogP contribution in [0.5, 0.6) is 0 Å². The van der Waals surface area contributed by atoms with Gasteiger partial charge >= 0.3 is 0 Å². The number of nitrogens with zero attached hydrogens (tertiary/aromatic N) is 1. The van der Waals surface area contributed by atoms with Crippen molar-refractivity contribution in [2.75, 3.05) is 6.54 Å². The van der Waals surface area contributed by atoms with Crippen LogP contribution in [0.4, 0.5) is 0 Å². The molecule has 5 nitrogen and oxygen atoms in total. The Morgan fingerprint density at radius 2 is 2.28 bits per heavy atom. The SMILES string of the molecule is O=C1NCCc2[nH]c(-c3ccnc(CO)c3)cc21. The highest BCUT2D eigenvalue weighted by molar-refractivity contribution is 5.97. The number of H-pyrrole nitrogens is 1. The molecule has 0 aliphatic carbocycles. The summed E-state index contributed by atoms with van der Waals surface area (Å²) in [5, 5.41) is 11.9. The van der Waals surface area contributed by atoms with Crippen LogP contribution in [0, 0.1) is 0 Å². The summed E-state index contributed by atoms with van der Waals surface area (Å²) in [7, 11) is 0. The van der Waals surface area contributed by atoms with Gasteiger partial charge in [-0.15, -0.1) is 0 Å². The van der Waals surface area contributed by atoms with Gasteiger partial charge in [0.15, 0.2) is 0 Å². The van der Waals surface area contributed by atoms with E-state index in [0.717, 1.165) is 23.4 Å². The van der Waals surface area contributed by atoms with Crippen molar-refractivity contribution < 1.29 is 9.90 Å². The van der Waals surface area contributed by atoms with Crippen LogP contribution in [0.2, 0.25) is 0 Å². The highest BCUT2D eigenvalue weighted by atomic mass is 16.3. The fourth-order valence-electron chi connectivity index (χ4n) is 2.18. The van der Waals surface area contributed by atoms with Gasteiger partial charge < -0.3 is 15.4 Å². The number of hydrogen-bond donors (Lipinski definition) is 3. The summed E-state index contributed by atoms with van der Waals surface area (Å²) < 4.78 is 0. The lowest BCUT2D eigenvalue weighted by molar-refractivity contribution is 0.0946. The predicted octanol–water partition coefficient (Wildman–Crippen LogP) is 0.855. The smallest absolute Gasteiger partial charge is 0.253 e. The molecule has 18 heavy (non-hydrogen) atoms. The molecule has 2 aromatic rings. The van der Waals surface area contributed by atoms with Gasteiger partial charge in [0.2, 0.25) is 0 Å². The van der Waals surface area contributed by atoms with Crippen LogP contribution in [0.3, 0.4) is 0 Å². The molecule has 92 valence electrons. The van der Waals surface area contributed by atoms with E-state index in [1.807, 2.05) is 18.2 Å². The van der Waals surface area contributed by atoms with Crippen LogP contribution in [-0.2, 0) is 13.0 Å². The fourth-order valence-corrected chi connectivity index (χ4v) is 2.18. The molecule has 0 saturated heterocycles. The molecule has 3 heterocycles. The van der Waals surface area contributed by atoms with Gasteiger partial charge in [0.25, 0.3) is 5.91 Å².